The Kier molecular flexibility index (Phi) is 8.47. The molecule has 0 unspecified atom stereocenters. The molecule has 1 saturated heterocycles. The van der Waals surface area contributed by atoms with Gasteiger partial charge in [0.25, 0.3) is 11.1 Å². The van der Waals surface area contributed by atoms with Gasteiger partial charge in [-0.15, -0.1) is 0 Å². The van der Waals surface area contributed by atoms with Gasteiger partial charge in [0.05, 0.1) is 16.5 Å². The van der Waals surface area contributed by atoms with Crippen molar-refractivity contribution < 1.29 is 33.3 Å². The van der Waals surface area contributed by atoms with Gasteiger partial charge in [0.1, 0.15) is 26.4 Å². The van der Waals surface area contributed by atoms with Crippen molar-refractivity contribution in [3.63, 3.8) is 0 Å². The Morgan fingerprint density at radius 3 is 2.60 bits per heavy atom. The average molecular weight is 581 g/mol. The van der Waals surface area contributed by atoms with Gasteiger partial charge in [-0.3, -0.25) is 19.3 Å². The molecule has 40 heavy (non-hydrogen) atoms. The summed E-state index contributed by atoms with van der Waals surface area (Å²) in [6.45, 7) is 2.94. The summed E-state index contributed by atoms with van der Waals surface area (Å²) in [5.74, 6) is 0.791. The quantitative estimate of drug-likeness (QED) is 0.319. The van der Waals surface area contributed by atoms with Crippen molar-refractivity contribution in [3.8, 4) is 23.0 Å². The zero-order valence-corrected chi connectivity index (χ0v) is 23.0. The zero-order valence-electron chi connectivity index (χ0n) is 21.5. The number of amides is 3. The highest BCUT2D eigenvalue weighted by molar-refractivity contribution is 8.18. The first-order valence-corrected chi connectivity index (χ1v) is 13.7. The van der Waals surface area contributed by atoms with Gasteiger partial charge in [-0.2, -0.15) is 0 Å². The lowest BCUT2D eigenvalue weighted by molar-refractivity contribution is -0.127. The number of carbonyl (C=O) groups excluding carboxylic acids is 3. The van der Waals surface area contributed by atoms with Crippen LogP contribution in [0.3, 0.4) is 0 Å². The molecule has 0 bridgehead atoms. The van der Waals surface area contributed by atoms with Crippen LogP contribution in [0.1, 0.15) is 18.1 Å². The summed E-state index contributed by atoms with van der Waals surface area (Å²) >= 11 is 7.28. The lowest BCUT2D eigenvalue weighted by atomic mass is 10.1. The zero-order chi connectivity index (χ0) is 28.1. The van der Waals surface area contributed by atoms with Gasteiger partial charge in [-0.05, 0) is 60.2 Å². The van der Waals surface area contributed by atoms with Gasteiger partial charge in [-0.1, -0.05) is 41.9 Å². The normalized spacial score (nSPS) is 15.3. The number of anilines is 1. The minimum absolute atomic E-state index is 0.161. The molecule has 206 valence electrons. The monoisotopic (exact) mass is 580 g/mol. The van der Waals surface area contributed by atoms with Crippen molar-refractivity contribution in [2.45, 2.75) is 13.5 Å². The predicted octanol–water partition coefficient (Wildman–Crippen LogP) is 5.76. The van der Waals surface area contributed by atoms with Crippen LogP contribution >= 0.6 is 23.4 Å². The Morgan fingerprint density at radius 1 is 1.05 bits per heavy atom. The molecule has 3 amide bonds. The largest absolute Gasteiger partial charge is 0.490 e. The fourth-order valence-electron chi connectivity index (χ4n) is 4.06. The summed E-state index contributed by atoms with van der Waals surface area (Å²) in [7, 11) is 0. The molecule has 3 aromatic carbocycles. The molecule has 1 fully saturated rings. The van der Waals surface area contributed by atoms with E-state index in [4.69, 9.17) is 30.5 Å². The third kappa shape index (κ3) is 6.35. The Hall–Kier alpha value is -4.15. The van der Waals surface area contributed by atoms with E-state index in [1.54, 1.807) is 36.4 Å². The molecule has 3 aromatic rings. The second-order valence-electron chi connectivity index (χ2n) is 8.71. The smallest absolute Gasteiger partial charge is 0.294 e. The number of benzene rings is 3. The average Bonchev–Trinajstić information content (AvgIpc) is 3.20. The third-order valence-corrected chi connectivity index (χ3v) is 7.04. The lowest BCUT2D eigenvalue weighted by Gasteiger charge is -2.19. The second kappa shape index (κ2) is 12.4. The number of thioether (sulfide) groups is 1. The maximum absolute atomic E-state index is 13.0. The molecule has 1 N–H and O–H groups in total. The molecular formula is C29H25ClN2O7S. The minimum atomic E-state index is -0.578. The van der Waals surface area contributed by atoms with Crippen LogP contribution in [0.2, 0.25) is 5.02 Å². The summed E-state index contributed by atoms with van der Waals surface area (Å²) in [5.41, 5.74) is 1.98. The SMILES string of the molecule is CCOc1cc(/C=C2\SC(=O)N(CC(=O)Nc3ccc4c(c3)OCCO4)C2=O)cc(Cl)c1OCc1ccccc1. The van der Waals surface area contributed by atoms with Crippen molar-refractivity contribution in [2.75, 3.05) is 31.7 Å². The van der Waals surface area contributed by atoms with Gasteiger partial charge in [0, 0.05) is 11.8 Å². The van der Waals surface area contributed by atoms with E-state index in [1.165, 1.54) is 0 Å². The summed E-state index contributed by atoms with van der Waals surface area (Å²) in [6, 6.07) is 17.9. The standard InChI is InChI=1S/C29H25ClN2O7S/c1-2-36-24-13-19(12-21(30)27(24)39-17-18-6-4-3-5-7-18)14-25-28(34)32(29(35)40-25)16-26(33)31-20-8-9-22-23(15-20)38-11-10-37-22/h3-9,12-15H,2,10-11,16-17H2,1H3,(H,31,33)/b25-14-. The first-order valence-electron chi connectivity index (χ1n) is 12.5. The third-order valence-electron chi connectivity index (χ3n) is 5.86. The number of fused-ring (bicyclic) bond motifs is 1. The van der Waals surface area contributed by atoms with Crippen LogP contribution in [0.4, 0.5) is 10.5 Å². The first-order chi connectivity index (χ1) is 19.4. The molecule has 0 spiro atoms. The molecule has 2 aliphatic rings. The topological polar surface area (TPSA) is 103 Å². The molecule has 0 aromatic heterocycles. The van der Waals surface area contributed by atoms with Crippen molar-refractivity contribution in [1.29, 1.82) is 0 Å². The maximum Gasteiger partial charge on any atom is 0.294 e. The number of ether oxygens (including phenoxy) is 4. The highest BCUT2D eigenvalue weighted by atomic mass is 35.5. The number of rotatable bonds is 9. The van der Waals surface area contributed by atoms with Crippen molar-refractivity contribution in [2.24, 2.45) is 0 Å². The van der Waals surface area contributed by atoms with E-state index < -0.39 is 23.6 Å². The molecule has 2 aliphatic heterocycles. The number of nitrogens with zero attached hydrogens (tertiary/aromatic N) is 1. The highest BCUT2D eigenvalue weighted by Crippen LogP contribution is 2.40. The van der Waals surface area contributed by atoms with Gasteiger partial charge in [-0.25, -0.2) is 0 Å². The number of nitrogens with one attached hydrogen (secondary N) is 1. The molecule has 5 rings (SSSR count). The summed E-state index contributed by atoms with van der Waals surface area (Å²) in [5, 5.41) is 2.44. The van der Waals surface area contributed by atoms with Crippen molar-refractivity contribution in [3.05, 3.63) is 81.7 Å². The highest BCUT2D eigenvalue weighted by Gasteiger charge is 2.36. The molecule has 0 atom stereocenters. The molecule has 9 nitrogen and oxygen atoms in total. The van der Waals surface area contributed by atoms with E-state index in [0.717, 1.165) is 22.2 Å². The first kappa shape index (κ1) is 27.4. The van der Waals surface area contributed by atoms with E-state index in [-0.39, 0.29) is 4.91 Å². The number of halogens is 1. The van der Waals surface area contributed by atoms with Crippen LogP contribution in [0.5, 0.6) is 23.0 Å². The van der Waals surface area contributed by atoms with Crippen LogP contribution in [-0.4, -0.2) is 48.3 Å². The fraction of sp³-hybridized carbons (Fsp3) is 0.207. The van der Waals surface area contributed by atoms with Crippen molar-refractivity contribution >= 4 is 52.2 Å². The molecule has 0 aliphatic carbocycles. The number of hydrogen-bond donors (Lipinski definition) is 1. The van der Waals surface area contributed by atoms with Crippen molar-refractivity contribution in [1.82, 2.24) is 4.90 Å². The molecule has 0 radical (unpaired) electrons. The number of carbonyl (C=O) groups is 3. The Morgan fingerprint density at radius 2 is 1.82 bits per heavy atom. The van der Waals surface area contributed by atoms with E-state index in [0.29, 0.717) is 65.7 Å². The lowest BCUT2D eigenvalue weighted by Crippen LogP contribution is -2.36. The number of hydrogen-bond acceptors (Lipinski definition) is 8. The van der Waals surface area contributed by atoms with E-state index in [1.807, 2.05) is 37.3 Å². The Labute approximate surface area is 240 Å². The maximum atomic E-state index is 13.0. The summed E-state index contributed by atoms with van der Waals surface area (Å²) in [6.07, 6.45) is 1.54. The summed E-state index contributed by atoms with van der Waals surface area (Å²) in [4.78, 5) is 39.4. The van der Waals surface area contributed by atoms with Crippen LogP contribution in [0.25, 0.3) is 6.08 Å². The van der Waals surface area contributed by atoms with Crippen LogP contribution < -0.4 is 24.3 Å². The van der Waals surface area contributed by atoms with Gasteiger partial charge in [0.2, 0.25) is 5.91 Å². The second-order valence-corrected chi connectivity index (χ2v) is 10.1. The summed E-state index contributed by atoms with van der Waals surface area (Å²) < 4.78 is 22.7. The van der Waals surface area contributed by atoms with Crippen LogP contribution in [-0.2, 0) is 16.2 Å². The molecular weight excluding hydrogens is 556 g/mol. The van der Waals surface area contributed by atoms with E-state index >= 15 is 0 Å². The van der Waals surface area contributed by atoms with Crippen LogP contribution in [0.15, 0.2) is 65.6 Å². The predicted molar refractivity (Wildman–Crippen MR) is 152 cm³/mol. The van der Waals surface area contributed by atoms with Gasteiger partial charge < -0.3 is 24.3 Å². The minimum Gasteiger partial charge on any atom is -0.490 e. The van der Waals surface area contributed by atoms with E-state index in [2.05, 4.69) is 5.32 Å². The fourth-order valence-corrected chi connectivity index (χ4v) is 5.17. The molecule has 2 heterocycles. The van der Waals surface area contributed by atoms with Gasteiger partial charge in [0.15, 0.2) is 23.0 Å². The number of imide groups is 1. The Bertz CT molecular complexity index is 1480. The van der Waals surface area contributed by atoms with Gasteiger partial charge >= 0.3 is 0 Å². The molecule has 0 saturated carbocycles. The Balaban J connectivity index is 1.27. The van der Waals surface area contributed by atoms with E-state index in [9.17, 15) is 14.4 Å². The molecule has 11 heteroatoms. The van der Waals surface area contributed by atoms with Crippen LogP contribution in [0, 0.1) is 0 Å².